The van der Waals surface area contributed by atoms with Gasteiger partial charge in [0.05, 0.1) is 11.6 Å². The molecule has 0 unspecified atom stereocenters. The van der Waals surface area contributed by atoms with Crippen molar-refractivity contribution >= 4 is 9.58 Å². The Bertz CT molecular complexity index is 1210. The van der Waals surface area contributed by atoms with Crippen LogP contribution in [0, 0.1) is 17.9 Å². The van der Waals surface area contributed by atoms with Crippen LogP contribution in [0.15, 0.2) is 85.6 Å². The Hall–Kier alpha value is -3.12. The van der Waals surface area contributed by atoms with Gasteiger partial charge in [0.25, 0.3) is 0 Å². The number of benzene rings is 2. The monoisotopic (exact) mass is 637 g/mol. The summed E-state index contributed by atoms with van der Waals surface area (Å²) >= 11 is 1.47. The molecule has 0 atom stereocenters. The maximum atomic E-state index is 12.6. The minimum atomic E-state index is -0.278. The van der Waals surface area contributed by atoms with Crippen molar-refractivity contribution in [3.8, 4) is 34.0 Å². The number of halogens is 2. The fourth-order valence-electron chi connectivity index (χ4n) is 3.07. The molecule has 0 amide bonds. The molecule has 3 aromatic heterocycles. The molecule has 0 aliphatic carbocycles. The molecule has 5 nitrogen and oxygen atoms in total. The van der Waals surface area contributed by atoms with Crippen molar-refractivity contribution in [3.05, 3.63) is 104 Å². The Kier molecular flexibility index (Phi) is 9.07. The number of aryl methyl sites for hydroxylation is 2. The summed E-state index contributed by atoms with van der Waals surface area (Å²) in [6, 6.07) is 22.2. The summed E-state index contributed by atoms with van der Waals surface area (Å²) in [5.74, 6) is 1.54. The van der Waals surface area contributed by atoms with Gasteiger partial charge in [-0.25, -0.2) is 0 Å². The van der Waals surface area contributed by atoms with Gasteiger partial charge >= 0.3 is 27.5 Å². The molecule has 0 fully saturated rings. The van der Waals surface area contributed by atoms with Crippen molar-refractivity contribution in [1.29, 1.82) is 0 Å². The molecule has 5 aromatic rings. The fourth-order valence-corrected chi connectivity index (χ4v) is 3.07. The molecule has 0 saturated heterocycles. The topological polar surface area (TPSA) is 48.5 Å². The first-order valence-electron chi connectivity index (χ1n) is 9.81. The zero-order chi connectivity index (χ0) is 23.6. The summed E-state index contributed by atoms with van der Waals surface area (Å²) in [5.41, 5.74) is 3.57. The van der Waals surface area contributed by atoms with Crippen LogP contribution >= 0.6 is 9.58 Å². The zero-order valence-corrected chi connectivity index (χ0v) is 21.1. The maximum absolute atomic E-state index is 12.6. The van der Waals surface area contributed by atoms with E-state index >= 15 is 0 Å². The summed E-state index contributed by atoms with van der Waals surface area (Å²) in [5, 5.41) is 0. The first kappa shape index (κ1) is 24.5. The first-order valence-corrected chi connectivity index (χ1v) is 12.8. The molecule has 0 bridgehead atoms. The standard InChI is InChI=1S/C14H13N4.C11H7FN.ClH.Ir/c1-17-8-6-15-13(17)11-4-3-5-12(10-11)14-16-7-9-18(14)2;12-10-6-4-9(5-7-10)11-3-1-2-8-13-11;;/h3-9H,1-2H3;1-4,6-8H;1H;/q2*-1;;+3/p-1. The Morgan fingerprint density at radius 2 is 1.39 bits per heavy atom. The second kappa shape index (κ2) is 12.2. The van der Waals surface area contributed by atoms with Crippen LogP contribution in [0.2, 0.25) is 0 Å². The van der Waals surface area contributed by atoms with E-state index in [2.05, 4.69) is 36.7 Å². The normalized spacial score (nSPS) is 9.97. The van der Waals surface area contributed by atoms with E-state index in [9.17, 15) is 4.39 Å². The van der Waals surface area contributed by atoms with Gasteiger partial charge in [-0.15, -0.1) is 54.1 Å². The van der Waals surface area contributed by atoms with Crippen molar-refractivity contribution in [2.75, 3.05) is 0 Å². The van der Waals surface area contributed by atoms with Gasteiger partial charge in [0.2, 0.25) is 0 Å². The average molecular weight is 637 g/mol. The number of hydrogen-bond acceptors (Lipinski definition) is 3. The second-order valence-corrected chi connectivity index (χ2v) is 6.84. The van der Waals surface area contributed by atoms with Crippen molar-refractivity contribution < 1.29 is 22.3 Å². The molecular weight excluding hydrogens is 617 g/mol. The van der Waals surface area contributed by atoms with Gasteiger partial charge in [-0.1, -0.05) is 23.3 Å². The molecule has 0 saturated carbocycles. The predicted octanol–water partition coefficient (Wildman–Crippen LogP) is 5.66. The van der Waals surface area contributed by atoms with Gasteiger partial charge in [-0.05, 0) is 11.8 Å². The van der Waals surface area contributed by atoms with E-state index in [4.69, 9.17) is 0 Å². The summed E-state index contributed by atoms with van der Waals surface area (Å²) in [7, 11) is 8.59. The van der Waals surface area contributed by atoms with Gasteiger partial charge in [0, 0.05) is 50.9 Å². The summed E-state index contributed by atoms with van der Waals surface area (Å²) in [4.78, 5) is 12.8. The van der Waals surface area contributed by atoms with E-state index in [0.717, 1.165) is 34.0 Å². The number of nitrogens with zero attached hydrogens (tertiary/aromatic N) is 5. The Labute approximate surface area is 207 Å². The van der Waals surface area contributed by atoms with Crippen molar-refractivity contribution in [2.45, 2.75) is 0 Å². The number of aromatic nitrogens is 5. The first-order chi connectivity index (χ1) is 16.1. The van der Waals surface area contributed by atoms with E-state index < -0.39 is 0 Å². The number of rotatable bonds is 3. The quantitative estimate of drug-likeness (QED) is 0.240. The third-order valence-corrected chi connectivity index (χ3v) is 4.63. The second-order valence-electron chi connectivity index (χ2n) is 6.84. The summed E-state index contributed by atoms with van der Waals surface area (Å²) in [6.45, 7) is 0. The third kappa shape index (κ3) is 6.45. The van der Waals surface area contributed by atoms with Crippen molar-refractivity contribution in [1.82, 2.24) is 24.1 Å². The number of hydrogen-bond donors (Lipinski definition) is 0. The molecule has 0 aliphatic heterocycles. The van der Waals surface area contributed by atoms with Gasteiger partial charge in [-0.2, -0.15) is 0 Å². The van der Waals surface area contributed by atoms with Crippen LogP contribution in [0.25, 0.3) is 34.0 Å². The van der Waals surface area contributed by atoms with Crippen LogP contribution in [0.5, 0.6) is 0 Å². The molecule has 3 heterocycles. The molecule has 2 aromatic carbocycles. The van der Waals surface area contributed by atoms with Crippen LogP contribution in [-0.2, 0) is 32.0 Å². The molecule has 0 radical (unpaired) electrons. The van der Waals surface area contributed by atoms with E-state index in [1.54, 1.807) is 24.7 Å². The van der Waals surface area contributed by atoms with Crippen LogP contribution in [0.3, 0.4) is 0 Å². The predicted molar refractivity (Wildman–Crippen MR) is 124 cm³/mol. The molecule has 8 heteroatoms. The molecule has 0 N–H and O–H groups in total. The van der Waals surface area contributed by atoms with Gasteiger partial charge in [-0.3, -0.25) is 14.4 Å². The molecular formula is C25H20ClFIrN5. The van der Waals surface area contributed by atoms with Gasteiger partial charge < -0.3 is 14.1 Å². The fraction of sp³-hybridized carbons (Fsp3) is 0.0800. The molecule has 5 rings (SSSR count). The van der Waals surface area contributed by atoms with Crippen LogP contribution in [-0.4, -0.2) is 24.1 Å². The number of imidazole rings is 2. The summed E-state index contributed by atoms with van der Waals surface area (Å²) in [6.07, 6.45) is 9.13. The van der Waals surface area contributed by atoms with E-state index in [1.807, 2.05) is 72.0 Å². The molecule has 33 heavy (non-hydrogen) atoms. The molecule has 0 aliphatic rings. The van der Waals surface area contributed by atoms with E-state index in [0.29, 0.717) is 0 Å². The summed E-state index contributed by atoms with van der Waals surface area (Å²) < 4.78 is 16.5. The van der Waals surface area contributed by atoms with Gasteiger partial charge in [0.15, 0.2) is 0 Å². The molecule has 0 spiro atoms. The minimum absolute atomic E-state index is 0.278. The van der Waals surface area contributed by atoms with E-state index in [-0.39, 0.29) is 5.82 Å². The van der Waals surface area contributed by atoms with E-state index in [1.165, 1.54) is 30.0 Å². The van der Waals surface area contributed by atoms with Crippen LogP contribution < -0.4 is 0 Å². The van der Waals surface area contributed by atoms with Crippen LogP contribution in [0.4, 0.5) is 4.39 Å². The Morgan fingerprint density at radius 1 is 0.758 bits per heavy atom. The Morgan fingerprint density at radius 3 is 1.85 bits per heavy atom. The molecule has 168 valence electrons. The van der Waals surface area contributed by atoms with Crippen molar-refractivity contribution in [2.24, 2.45) is 14.1 Å². The zero-order valence-electron chi connectivity index (χ0n) is 17.9. The van der Waals surface area contributed by atoms with Crippen LogP contribution in [0.1, 0.15) is 0 Å². The Balaban J connectivity index is 0.000000181. The SMILES string of the molecule is Cn1ccnc1-c1[c-]c(-c2nccn2C)ccc1.Fc1c[c-]c(-c2ccccn2)cc1.[Cl][Ir+2]. The number of pyridine rings is 1. The van der Waals surface area contributed by atoms with Gasteiger partial charge in [0.1, 0.15) is 0 Å². The average Bonchev–Trinajstić information content (AvgIpc) is 3.50. The van der Waals surface area contributed by atoms with Crippen molar-refractivity contribution in [3.63, 3.8) is 0 Å². The third-order valence-electron chi connectivity index (χ3n) is 4.63.